The van der Waals surface area contributed by atoms with Crippen molar-refractivity contribution < 1.29 is 23.9 Å². The number of anilines is 1. The summed E-state index contributed by atoms with van der Waals surface area (Å²) in [5.41, 5.74) is 3.79. The zero-order valence-electron chi connectivity index (χ0n) is 21.1. The number of piperazine rings is 1. The summed E-state index contributed by atoms with van der Waals surface area (Å²) < 4.78 is 16.5. The molecule has 1 N–H and O–H groups in total. The quantitative estimate of drug-likeness (QED) is 0.546. The van der Waals surface area contributed by atoms with Crippen LogP contribution in [0.25, 0.3) is 0 Å². The molecule has 0 bridgehead atoms. The molecular formula is C28H33N4O4+. The number of carbonyl (C=O) groups is 1. The van der Waals surface area contributed by atoms with Gasteiger partial charge in [-0.25, -0.2) is 9.97 Å². The fourth-order valence-electron chi connectivity index (χ4n) is 5.24. The van der Waals surface area contributed by atoms with E-state index in [1.165, 1.54) is 5.56 Å². The minimum atomic E-state index is -0.0198. The Kier molecular flexibility index (Phi) is 7.04. The lowest BCUT2D eigenvalue weighted by molar-refractivity contribution is -0.914. The minimum Gasteiger partial charge on any atom is -0.493 e. The van der Waals surface area contributed by atoms with E-state index in [2.05, 4.69) is 40.2 Å². The van der Waals surface area contributed by atoms with Crippen molar-refractivity contribution in [3.8, 4) is 17.2 Å². The van der Waals surface area contributed by atoms with Gasteiger partial charge in [-0.1, -0.05) is 30.3 Å². The highest BCUT2D eigenvalue weighted by Gasteiger charge is 2.31. The van der Waals surface area contributed by atoms with Crippen LogP contribution in [0.15, 0.2) is 48.7 Å². The molecule has 0 unspecified atom stereocenters. The first-order chi connectivity index (χ1) is 17.6. The first-order valence-electron chi connectivity index (χ1n) is 12.4. The Hall–Kier alpha value is -3.65. The van der Waals surface area contributed by atoms with E-state index in [9.17, 15) is 4.79 Å². The van der Waals surface area contributed by atoms with Crippen LogP contribution in [0.2, 0.25) is 0 Å². The van der Waals surface area contributed by atoms with Crippen molar-refractivity contribution in [2.45, 2.75) is 25.3 Å². The molecule has 0 spiro atoms. The van der Waals surface area contributed by atoms with Crippen molar-refractivity contribution in [2.75, 3.05) is 52.4 Å². The van der Waals surface area contributed by atoms with Crippen LogP contribution in [0.1, 0.15) is 39.5 Å². The van der Waals surface area contributed by atoms with Gasteiger partial charge in [-0.2, -0.15) is 0 Å². The first-order valence-corrected chi connectivity index (χ1v) is 12.4. The summed E-state index contributed by atoms with van der Waals surface area (Å²) in [6.45, 7) is 4.88. The molecule has 1 atom stereocenters. The summed E-state index contributed by atoms with van der Waals surface area (Å²) in [5, 5.41) is 0. The molecule has 1 saturated heterocycles. The molecule has 2 aliphatic rings. The average Bonchev–Trinajstić information content (AvgIpc) is 2.92. The Morgan fingerprint density at radius 1 is 0.972 bits per heavy atom. The van der Waals surface area contributed by atoms with Gasteiger partial charge in [0, 0.05) is 18.2 Å². The predicted octanol–water partition coefficient (Wildman–Crippen LogP) is 2.32. The summed E-state index contributed by atoms with van der Waals surface area (Å²) in [6.07, 6.45) is 2.78. The van der Waals surface area contributed by atoms with Gasteiger partial charge in [0.25, 0.3) is 0 Å². The van der Waals surface area contributed by atoms with Crippen molar-refractivity contribution in [2.24, 2.45) is 0 Å². The van der Waals surface area contributed by atoms with Crippen molar-refractivity contribution in [1.82, 2.24) is 9.97 Å². The van der Waals surface area contributed by atoms with Gasteiger partial charge < -0.3 is 24.0 Å². The van der Waals surface area contributed by atoms with Gasteiger partial charge in [0.1, 0.15) is 6.54 Å². The molecule has 0 radical (unpaired) electrons. The number of rotatable bonds is 7. The zero-order valence-corrected chi connectivity index (χ0v) is 21.1. The van der Waals surface area contributed by atoms with Gasteiger partial charge >= 0.3 is 0 Å². The van der Waals surface area contributed by atoms with E-state index < -0.39 is 0 Å². The van der Waals surface area contributed by atoms with Crippen LogP contribution in [-0.2, 0) is 13.0 Å². The Labute approximate surface area is 211 Å². The third kappa shape index (κ3) is 4.86. The molecule has 5 rings (SSSR count). The molecular weight excluding hydrogens is 456 g/mol. The molecule has 1 aliphatic heterocycles. The van der Waals surface area contributed by atoms with Gasteiger partial charge in [-0.05, 0) is 30.0 Å². The molecule has 2 aromatic carbocycles. The average molecular weight is 490 g/mol. The molecule has 36 heavy (non-hydrogen) atoms. The first kappa shape index (κ1) is 24.1. The molecule has 0 saturated carbocycles. The second-order valence-electron chi connectivity index (χ2n) is 9.42. The normalized spacial score (nSPS) is 18.0. The van der Waals surface area contributed by atoms with E-state index >= 15 is 0 Å². The van der Waals surface area contributed by atoms with E-state index in [0.29, 0.717) is 41.6 Å². The SMILES string of the molecule is COc1cc([C@@H]2CC(=O)c3cnc(N4CC[NH+](Cc5ccccc5)CC4)nc3C2)cc(OC)c1OC. The molecule has 188 valence electrons. The summed E-state index contributed by atoms with van der Waals surface area (Å²) in [4.78, 5) is 26.3. The number of nitrogens with zero attached hydrogens (tertiary/aromatic N) is 3. The van der Waals surface area contributed by atoms with Gasteiger partial charge in [-0.15, -0.1) is 0 Å². The molecule has 1 aromatic heterocycles. The Balaban J connectivity index is 1.32. The predicted molar refractivity (Wildman–Crippen MR) is 137 cm³/mol. The lowest BCUT2D eigenvalue weighted by Gasteiger charge is -2.33. The lowest BCUT2D eigenvalue weighted by atomic mass is 9.82. The summed E-state index contributed by atoms with van der Waals surface area (Å²) >= 11 is 0. The summed E-state index contributed by atoms with van der Waals surface area (Å²) in [6, 6.07) is 14.5. The molecule has 8 heteroatoms. The fraction of sp³-hybridized carbons (Fsp3) is 0.393. The van der Waals surface area contributed by atoms with Crippen molar-refractivity contribution in [3.05, 3.63) is 71.0 Å². The lowest BCUT2D eigenvalue weighted by Crippen LogP contribution is -3.13. The van der Waals surface area contributed by atoms with Gasteiger partial charge in [0.15, 0.2) is 17.3 Å². The number of ketones is 1. The van der Waals surface area contributed by atoms with E-state index in [4.69, 9.17) is 19.2 Å². The van der Waals surface area contributed by atoms with Crippen LogP contribution in [0, 0.1) is 0 Å². The number of nitrogens with one attached hydrogen (secondary N) is 1. The number of Topliss-reactive ketones (excluding diaryl/α,β-unsaturated/α-hetero) is 1. The monoisotopic (exact) mass is 489 g/mol. The zero-order chi connectivity index (χ0) is 25.1. The Bertz CT molecular complexity index is 1200. The topological polar surface area (TPSA) is 78.2 Å². The Morgan fingerprint density at radius 3 is 2.31 bits per heavy atom. The van der Waals surface area contributed by atoms with Crippen molar-refractivity contribution in [3.63, 3.8) is 0 Å². The maximum atomic E-state index is 13.0. The number of ether oxygens (including phenoxy) is 3. The van der Waals surface area contributed by atoms with E-state index in [0.717, 1.165) is 44.0 Å². The number of methoxy groups -OCH3 is 3. The van der Waals surface area contributed by atoms with Crippen LogP contribution in [0.4, 0.5) is 5.95 Å². The number of aromatic nitrogens is 2. The van der Waals surface area contributed by atoms with Crippen LogP contribution < -0.4 is 24.0 Å². The second kappa shape index (κ2) is 10.5. The highest BCUT2D eigenvalue weighted by molar-refractivity contribution is 5.98. The Morgan fingerprint density at radius 2 is 1.67 bits per heavy atom. The third-order valence-corrected chi connectivity index (χ3v) is 7.24. The summed E-state index contributed by atoms with van der Waals surface area (Å²) in [7, 11) is 4.79. The van der Waals surface area contributed by atoms with Crippen LogP contribution in [-0.4, -0.2) is 63.3 Å². The molecule has 3 aromatic rings. The van der Waals surface area contributed by atoms with Gasteiger partial charge in [0.05, 0.1) is 58.8 Å². The highest BCUT2D eigenvalue weighted by Crippen LogP contribution is 2.42. The number of quaternary nitrogens is 1. The molecule has 1 aliphatic carbocycles. The van der Waals surface area contributed by atoms with Gasteiger partial charge in [0.2, 0.25) is 11.7 Å². The molecule has 8 nitrogen and oxygen atoms in total. The van der Waals surface area contributed by atoms with Crippen LogP contribution in [0.5, 0.6) is 17.2 Å². The number of carbonyl (C=O) groups excluding carboxylic acids is 1. The number of benzene rings is 2. The van der Waals surface area contributed by atoms with E-state index in [1.54, 1.807) is 32.4 Å². The van der Waals surface area contributed by atoms with Gasteiger partial charge in [-0.3, -0.25) is 4.79 Å². The van der Waals surface area contributed by atoms with Crippen molar-refractivity contribution >= 4 is 11.7 Å². The maximum Gasteiger partial charge on any atom is 0.225 e. The highest BCUT2D eigenvalue weighted by atomic mass is 16.5. The van der Waals surface area contributed by atoms with Crippen LogP contribution >= 0.6 is 0 Å². The number of fused-ring (bicyclic) bond motifs is 1. The van der Waals surface area contributed by atoms with E-state index in [-0.39, 0.29) is 11.7 Å². The molecule has 2 heterocycles. The number of hydrogen-bond donors (Lipinski definition) is 1. The fourth-order valence-corrected chi connectivity index (χ4v) is 5.24. The maximum absolute atomic E-state index is 13.0. The number of hydrogen-bond acceptors (Lipinski definition) is 7. The largest absolute Gasteiger partial charge is 0.493 e. The third-order valence-electron chi connectivity index (χ3n) is 7.24. The molecule has 1 fully saturated rings. The summed E-state index contributed by atoms with van der Waals surface area (Å²) in [5.74, 6) is 2.48. The van der Waals surface area contributed by atoms with E-state index in [1.807, 2.05) is 12.1 Å². The minimum absolute atomic E-state index is 0.0198. The smallest absolute Gasteiger partial charge is 0.225 e. The van der Waals surface area contributed by atoms with Crippen LogP contribution in [0.3, 0.4) is 0 Å². The second-order valence-corrected chi connectivity index (χ2v) is 9.42. The standard InChI is InChI=1S/C28H32N4O4/c1-34-25-15-21(16-26(35-2)27(25)36-3)20-13-23-22(24(33)14-20)17-29-28(30-23)32-11-9-31(10-12-32)18-19-7-5-4-6-8-19/h4-8,15-17,20H,9-14,18H2,1-3H3/p+1/t20-/m0/s1. The molecule has 0 amide bonds. The van der Waals surface area contributed by atoms with Crippen molar-refractivity contribution in [1.29, 1.82) is 0 Å².